The fourth-order valence-electron chi connectivity index (χ4n) is 2.37. The Bertz CT molecular complexity index is 625. The molecule has 0 fully saturated rings. The summed E-state index contributed by atoms with van der Waals surface area (Å²) in [5, 5.41) is 7.07. The summed E-state index contributed by atoms with van der Waals surface area (Å²) >= 11 is 6.06. The lowest BCUT2D eigenvalue weighted by atomic mass is 10.0. The molecule has 1 unspecified atom stereocenters. The minimum Gasteiger partial charge on any atom is -0.326 e. The fraction of sp³-hybridized carbons (Fsp3) is 0.278. The van der Waals surface area contributed by atoms with E-state index in [1.165, 1.54) is 18.1 Å². The van der Waals surface area contributed by atoms with Crippen LogP contribution >= 0.6 is 11.6 Å². The van der Waals surface area contributed by atoms with Gasteiger partial charge >= 0.3 is 0 Å². The van der Waals surface area contributed by atoms with Crippen molar-refractivity contribution in [2.45, 2.75) is 32.9 Å². The molecule has 2 aromatic rings. The quantitative estimate of drug-likeness (QED) is 0.821. The Morgan fingerprint density at radius 3 is 2.50 bits per heavy atom. The van der Waals surface area contributed by atoms with Gasteiger partial charge in [-0.05, 0) is 41.8 Å². The molecule has 0 radical (unpaired) electrons. The first-order valence-electron chi connectivity index (χ1n) is 7.44. The molecule has 0 bridgehead atoms. The SMILES string of the molecule is CCC(NCc1ccc(NC(C)=O)cc1)c1cccc(Cl)c1. The molecule has 2 aromatic carbocycles. The van der Waals surface area contributed by atoms with Gasteiger partial charge in [-0.2, -0.15) is 0 Å². The Labute approximate surface area is 136 Å². The molecule has 0 spiro atoms. The second-order valence-electron chi connectivity index (χ2n) is 5.27. The van der Waals surface area contributed by atoms with Gasteiger partial charge in [0.05, 0.1) is 0 Å². The maximum absolute atomic E-state index is 11.0. The zero-order valence-corrected chi connectivity index (χ0v) is 13.7. The third-order valence-electron chi connectivity index (χ3n) is 3.49. The summed E-state index contributed by atoms with van der Waals surface area (Å²) in [6.45, 7) is 4.43. The topological polar surface area (TPSA) is 41.1 Å². The molecule has 2 rings (SSSR count). The smallest absolute Gasteiger partial charge is 0.221 e. The fourth-order valence-corrected chi connectivity index (χ4v) is 2.57. The van der Waals surface area contributed by atoms with Crippen molar-refractivity contribution in [3.8, 4) is 0 Å². The Morgan fingerprint density at radius 1 is 1.18 bits per heavy atom. The highest BCUT2D eigenvalue weighted by Crippen LogP contribution is 2.21. The third kappa shape index (κ3) is 4.86. The lowest BCUT2D eigenvalue weighted by Gasteiger charge is -2.18. The number of carbonyl (C=O) groups excluding carboxylic acids is 1. The first-order valence-corrected chi connectivity index (χ1v) is 7.81. The Kier molecular flexibility index (Phi) is 5.99. The molecule has 3 nitrogen and oxygen atoms in total. The first kappa shape index (κ1) is 16.5. The van der Waals surface area contributed by atoms with E-state index in [2.05, 4.69) is 23.6 Å². The standard InChI is InChI=1S/C18H21ClN2O/c1-3-18(15-5-4-6-16(19)11-15)20-12-14-7-9-17(10-8-14)21-13(2)22/h4-11,18,20H,3,12H2,1-2H3,(H,21,22). The van der Waals surface area contributed by atoms with Crippen molar-refractivity contribution in [3.05, 3.63) is 64.7 Å². The molecule has 1 amide bonds. The van der Waals surface area contributed by atoms with Crippen LogP contribution in [0.25, 0.3) is 0 Å². The van der Waals surface area contributed by atoms with E-state index >= 15 is 0 Å². The predicted molar refractivity (Wildman–Crippen MR) is 92.1 cm³/mol. The number of amides is 1. The molecule has 0 aliphatic carbocycles. The number of carbonyl (C=O) groups is 1. The zero-order chi connectivity index (χ0) is 15.9. The van der Waals surface area contributed by atoms with Gasteiger partial charge in [-0.15, -0.1) is 0 Å². The van der Waals surface area contributed by atoms with Gasteiger partial charge in [0.15, 0.2) is 0 Å². The highest BCUT2D eigenvalue weighted by Gasteiger charge is 2.09. The summed E-state index contributed by atoms with van der Waals surface area (Å²) in [5.41, 5.74) is 3.19. The second kappa shape index (κ2) is 7.97. The number of nitrogens with one attached hydrogen (secondary N) is 2. The number of hydrogen-bond acceptors (Lipinski definition) is 2. The highest BCUT2D eigenvalue weighted by molar-refractivity contribution is 6.30. The lowest BCUT2D eigenvalue weighted by molar-refractivity contribution is -0.114. The minimum atomic E-state index is -0.0575. The Balaban J connectivity index is 1.97. The zero-order valence-electron chi connectivity index (χ0n) is 12.9. The van der Waals surface area contributed by atoms with E-state index in [0.29, 0.717) is 0 Å². The maximum atomic E-state index is 11.0. The average Bonchev–Trinajstić information content (AvgIpc) is 2.49. The molecule has 0 heterocycles. The maximum Gasteiger partial charge on any atom is 0.221 e. The van der Waals surface area contributed by atoms with Crippen molar-refractivity contribution in [1.29, 1.82) is 0 Å². The van der Waals surface area contributed by atoms with Crippen LogP contribution in [0.15, 0.2) is 48.5 Å². The Morgan fingerprint density at radius 2 is 1.91 bits per heavy atom. The molecule has 1 atom stereocenters. The molecule has 116 valence electrons. The van der Waals surface area contributed by atoms with Gasteiger partial charge < -0.3 is 10.6 Å². The van der Waals surface area contributed by atoms with Crippen molar-refractivity contribution >= 4 is 23.2 Å². The van der Waals surface area contributed by atoms with Crippen LogP contribution in [0.4, 0.5) is 5.69 Å². The molecule has 0 saturated carbocycles. The van der Waals surface area contributed by atoms with Crippen molar-refractivity contribution < 1.29 is 4.79 Å². The van der Waals surface area contributed by atoms with Crippen LogP contribution in [0.3, 0.4) is 0 Å². The van der Waals surface area contributed by atoms with E-state index in [0.717, 1.165) is 23.7 Å². The number of anilines is 1. The summed E-state index contributed by atoms with van der Waals surface area (Å²) in [7, 11) is 0. The van der Waals surface area contributed by atoms with E-state index in [1.807, 2.05) is 42.5 Å². The van der Waals surface area contributed by atoms with Gasteiger partial charge in [-0.25, -0.2) is 0 Å². The molecule has 0 aromatic heterocycles. The molecular formula is C18H21ClN2O. The van der Waals surface area contributed by atoms with E-state index in [1.54, 1.807) is 0 Å². The van der Waals surface area contributed by atoms with E-state index in [4.69, 9.17) is 11.6 Å². The van der Waals surface area contributed by atoms with Crippen LogP contribution in [0.5, 0.6) is 0 Å². The van der Waals surface area contributed by atoms with Gasteiger partial charge in [0.25, 0.3) is 0 Å². The van der Waals surface area contributed by atoms with Gasteiger partial charge in [-0.1, -0.05) is 42.8 Å². The number of benzene rings is 2. The summed E-state index contributed by atoms with van der Waals surface area (Å²) in [5.74, 6) is -0.0575. The lowest BCUT2D eigenvalue weighted by Crippen LogP contribution is -2.20. The van der Waals surface area contributed by atoms with Crippen molar-refractivity contribution in [1.82, 2.24) is 5.32 Å². The first-order chi connectivity index (χ1) is 10.6. The van der Waals surface area contributed by atoms with Crippen molar-refractivity contribution in [2.24, 2.45) is 0 Å². The predicted octanol–water partition coefficient (Wildman–Crippen LogP) is 4.54. The van der Waals surface area contributed by atoms with Gasteiger partial charge in [-0.3, -0.25) is 4.79 Å². The molecule has 0 saturated heterocycles. The molecule has 0 aliphatic rings. The van der Waals surface area contributed by atoms with Crippen LogP contribution in [-0.2, 0) is 11.3 Å². The summed E-state index contributed by atoms with van der Waals surface area (Å²) in [6.07, 6.45) is 0.990. The van der Waals surface area contributed by atoms with Gasteiger partial charge in [0, 0.05) is 30.2 Å². The van der Waals surface area contributed by atoms with Gasteiger partial charge in [0.2, 0.25) is 5.91 Å². The van der Waals surface area contributed by atoms with E-state index in [-0.39, 0.29) is 11.9 Å². The van der Waals surface area contributed by atoms with Crippen LogP contribution in [0.1, 0.15) is 37.4 Å². The summed E-state index contributed by atoms with van der Waals surface area (Å²) in [4.78, 5) is 11.0. The number of hydrogen-bond donors (Lipinski definition) is 2. The molecule has 22 heavy (non-hydrogen) atoms. The third-order valence-corrected chi connectivity index (χ3v) is 3.72. The van der Waals surface area contributed by atoms with Crippen molar-refractivity contribution in [2.75, 3.05) is 5.32 Å². The second-order valence-corrected chi connectivity index (χ2v) is 5.71. The molecular weight excluding hydrogens is 296 g/mol. The number of rotatable bonds is 6. The Hall–Kier alpha value is -1.84. The molecule has 4 heteroatoms. The minimum absolute atomic E-state index is 0.0575. The normalized spacial score (nSPS) is 12.0. The molecule has 2 N–H and O–H groups in total. The van der Waals surface area contributed by atoms with Gasteiger partial charge in [0.1, 0.15) is 0 Å². The molecule has 0 aliphatic heterocycles. The van der Waals surface area contributed by atoms with Crippen LogP contribution in [0.2, 0.25) is 5.02 Å². The largest absolute Gasteiger partial charge is 0.326 e. The van der Waals surface area contributed by atoms with Crippen LogP contribution in [0, 0.1) is 0 Å². The van der Waals surface area contributed by atoms with Crippen LogP contribution in [-0.4, -0.2) is 5.91 Å². The average molecular weight is 317 g/mol. The van der Waals surface area contributed by atoms with Crippen LogP contribution < -0.4 is 10.6 Å². The monoisotopic (exact) mass is 316 g/mol. The van der Waals surface area contributed by atoms with Crippen molar-refractivity contribution in [3.63, 3.8) is 0 Å². The van der Waals surface area contributed by atoms with E-state index in [9.17, 15) is 4.79 Å². The number of halogens is 1. The highest BCUT2D eigenvalue weighted by atomic mass is 35.5. The van der Waals surface area contributed by atoms with E-state index < -0.39 is 0 Å². The summed E-state index contributed by atoms with van der Waals surface area (Å²) in [6, 6.07) is 16.1. The summed E-state index contributed by atoms with van der Waals surface area (Å²) < 4.78 is 0.